The SMILES string of the molecule is Cc1cc(-c2ccc(/C=C3\SC(=S)N(Cc4ccccc4)C3=O)o2)ccc1[N+](=O)[O-]. The number of carbonyl (C=O) groups excluding carboxylic acids is 1. The zero-order valence-corrected chi connectivity index (χ0v) is 17.5. The van der Waals surface area contributed by atoms with E-state index in [0.717, 1.165) is 11.1 Å². The molecule has 0 spiro atoms. The van der Waals surface area contributed by atoms with Crippen LogP contribution < -0.4 is 0 Å². The van der Waals surface area contributed by atoms with Gasteiger partial charge in [0.15, 0.2) is 0 Å². The number of nitrogens with zero attached hydrogens (tertiary/aromatic N) is 2. The smallest absolute Gasteiger partial charge is 0.272 e. The number of aryl methyl sites for hydroxylation is 1. The van der Waals surface area contributed by atoms with Crippen molar-refractivity contribution in [3.63, 3.8) is 0 Å². The first-order valence-electron chi connectivity index (χ1n) is 9.07. The second-order valence-electron chi connectivity index (χ2n) is 6.71. The minimum absolute atomic E-state index is 0.0626. The molecule has 1 saturated heterocycles. The summed E-state index contributed by atoms with van der Waals surface area (Å²) in [7, 11) is 0. The van der Waals surface area contributed by atoms with Crippen LogP contribution in [-0.2, 0) is 11.3 Å². The van der Waals surface area contributed by atoms with Crippen LogP contribution >= 0.6 is 24.0 Å². The highest BCUT2D eigenvalue weighted by atomic mass is 32.2. The van der Waals surface area contributed by atoms with Gasteiger partial charge in [0.05, 0.1) is 16.4 Å². The molecule has 0 radical (unpaired) electrons. The molecular formula is C22H16N2O4S2. The summed E-state index contributed by atoms with van der Waals surface area (Å²) in [5.74, 6) is 0.929. The zero-order valence-electron chi connectivity index (χ0n) is 15.9. The van der Waals surface area contributed by atoms with E-state index >= 15 is 0 Å². The highest BCUT2D eigenvalue weighted by molar-refractivity contribution is 8.26. The van der Waals surface area contributed by atoms with Crippen LogP contribution in [0.4, 0.5) is 5.69 Å². The predicted octanol–water partition coefficient (Wildman–Crippen LogP) is 5.56. The maximum Gasteiger partial charge on any atom is 0.272 e. The number of carbonyl (C=O) groups is 1. The van der Waals surface area contributed by atoms with E-state index in [-0.39, 0.29) is 11.6 Å². The Hall–Kier alpha value is -3.23. The number of nitro groups is 1. The second-order valence-corrected chi connectivity index (χ2v) is 8.39. The minimum atomic E-state index is -0.413. The van der Waals surface area contributed by atoms with Crippen molar-refractivity contribution in [3.05, 3.63) is 92.6 Å². The molecule has 1 fully saturated rings. The molecule has 3 aromatic rings. The quantitative estimate of drug-likeness (QED) is 0.225. The number of nitro benzene ring substituents is 1. The largest absolute Gasteiger partial charge is 0.457 e. The molecule has 2 aromatic carbocycles. The summed E-state index contributed by atoms with van der Waals surface area (Å²) in [4.78, 5) is 25.4. The average Bonchev–Trinajstić information content (AvgIpc) is 3.29. The fourth-order valence-corrected chi connectivity index (χ4v) is 4.37. The first-order valence-corrected chi connectivity index (χ1v) is 10.3. The molecule has 6 nitrogen and oxygen atoms in total. The van der Waals surface area contributed by atoms with Gasteiger partial charge in [-0.1, -0.05) is 54.3 Å². The Morgan fingerprint density at radius 3 is 2.63 bits per heavy atom. The lowest BCUT2D eigenvalue weighted by atomic mass is 10.1. The van der Waals surface area contributed by atoms with E-state index in [1.165, 1.54) is 17.8 Å². The standard InChI is InChI=1S/C22H16N2O4S2/c1-14-11-16(7-9-18(14)24(26)27)19-10-8-17(28-19)12-20-21(25)23(22(29)30-20)13-15-5-3-2-4-6-15/h2-12H,13H2,1H3/b20-12-. The summed E-state index contributed by atoms with van der Waals surface area (Å²) in [6.07, 6.45) is 1.67. The summed E-state index contributed by atoms with van der Waals surface area (Å²) in [6, 6.07) is 18.0. The van der Waals surface area contributed by atoms with Gasteiger partial charge in [-0.2, -0.15) is 0 Å². The van der Waals surface area contributed by atoms with Crippen molar-refractivity contribution in [3.8, 4) is 11.3 Å². The Balaban J connectivity index is 1.54. The van der Waals surface area contributed by atoms with E-state index in [9.17, 15) is 14.9 Å². The number of benzene rings is 2. The van der Waals surface area contributed by atoms with Gasteiger partial charge >= 0.3 is 0 Å². The van der Waals surface area contributed by atoms with Crippen molar-refractivity contribution in [1.29, 1.82) is 0 Å². The van der Waals surface area contributed by atoms with Gasteiger partial charge < -0.3 is 4.42 Å². The first kappa shape index (κ1) is 20.1. The molecule has 0 bridgehead atoms. The number of thiocarbonyl (C=S) groups is 1. The number of hydrogen-bond donors (Lipinski definition) is 0. The molecule has 0 saturated carbocycles. The molecule has 150 valence electrons. The van der Waals surface area contributed by atoms with Crippen LogP contribution in [0.25, 0.3) is 17.4 Å². The molecule has 30 heavy (non-hydrogen) atoms. The molecule has 2 heterocycles. The van der Waals surface area contributed by atoms with E-state index < -0.39 is 4.92 Å². The van der Waals surface area contributed by atoms with Gasteiger partial charge in [0.1, 0.15) is 15.8 Å². The highest BCUT2D eigenvalue weighted by Gasteiger charge is 2.32. The third-order valence-electron chi connectivity index (χ3n) is 4.64. The lowest BCUT2D eigenvalue weighted by Crippen LogP contribution is -2.27. The monoisotopic (exact) mass is 436 g/mol. The fourth-order valence-electron chi connectivity index (χ4n) is 3.13. The fraction of sp³-hybridized carbons (Fsp3) is 0.0909. The number of hydrogen-bond acceptors (Lipinski definition) is 6. The van der Waals surface area contributed by atoms with Crippen LogP contribution in [-0.4, -0.2) is 20.1 Å². The van der Waals surface area contributed by atoms with Gasteiger partial charge in [0.2, 0.25) is 0 Å². The molecule has 1 amide bonds. The van der Waals surface area contributed by atoms with Gasteiger partial charge in [-0.25, -0.2) is 0 Å². The lowest BCUT2D eigenvalue weighted by Gasteiger charge is -2.14. The summed E-state index contributed by atoms with van der Waals surface area (Å²) < 4.78 is 6.36. The molecule has 0 N–H and O–H groups in total. The van der Waals surface area contributed by atoms with E-state index in [0.29, 0.717) is 32.9 Å². The van der Waals surface area contributed by atoms with Crippen LogP contribution in [0.5, 0.6) is 0 Å². The Morgan fingerprint density at radius 2 is 1.93 bits per heavy atom. The highest BCUT2D eigenvalue weighted by Crippen LogP contribution is 2.35. The normalized spacial score (nSPS) is 15.2. The van der Waals surface area contributed by atoms with Gasteiger partial charge in [0.25, 0.3) is 11.6 Å². The van der Waals surface area contributed by atoms with Gasteiger partial charge in [-0.05, 0) is 36.8 Å². The van der Waals surface area contributed by atoms with Crippen LogP contribution in [0.15, 0.2) is 70.0 Å². The summed E-state index contributed by atoms with van der Waals surface area (Å²) in [5, 5.41) is 11.0. The van der Waals surface area contributed by atoms with Gasteiger partial charge in [-0.3, -0.25) is 19.8 Å². The summed E-state index contributed by atoms with van der Waals surface area (Å²) >= 11 is 6.62. The average molecular weight is 437 g/mol. The van der Waals surface area contributed by atoms with Gasteiger partial charge in [0, 0.05) is 23.3 Å². The molecule has 1 aliphatic rings. The maximum atomic E-state index is 12.8. The molecule has 0 aliphatic carbocycles. The van der Waals surface area contributed by atoms with Crippen molar-refractivity contribution in [1.82, 2.24) is 4.90 Å². The lowest BCUT2D eigenvalue weighted by molar-refractivity contribution is -0.385. The van der Waals surface area contributed by atoms with Crippen LogP contribution in [0, 0.1) is 17.0 Å². The third-order valence-corrected chi connectivity index (χ3v) is 6.01. The van der Waals surface area contributed by atoms with Crippen molar-refractivity contribution in [2.24, 2.45) is 0 Å². The first-order chi connectivity index (χ1) is 14.4. The van der Waals surface area contributed by atoms with Crippen LogP contribution in [0.3, 0.4) is 0 Å². The van der Waals surface area contributed by atoms with Crippen molar-refractivity contribution < 1.29 is 14.1 Å². The molecule has 4 rings (SSSR count). The molecule has 8 heteroatoms. The molecule has 0 unspecified atom stereocenters. The number of thioether (sulfide) groups is 1. The van der Waals surface area contributed by atoms with Gasteiger partial charge in [-0.15, -0.1) is 0 Å². The zero-order chi connectivity index (χ0) is 21.3. The summed E-state index contributed by atoms with van der Waals surface area (Å²) in [5.41, 5.74) is 2.35. The Labute approximate surface area is 182 Å². The number of furan rings is 1. The van der Waals surface area contributed by atoms with E-state index in [1.807, 2.05) is 30.3 Å². The maximum absolute atomic E-state index is 12.8. The number of rotatable bonds is 5. The van der Waals surface area contributed by atoms with Crippen LogP contribution in [0.1, 0.15) is 16.9 Å². The van der Waals surface area contributed by atoms with E-state index in [2.05, 4.69) is 0 Å². The number of amides is 1. The second kappa shape index (κ2) is 8.25. The minimum Gasteiger partial charge on any atom is -0.457 e. The molecule has 1 aliphatic heterocycles. The summed E-state index contributed by atoms with van der Waals surface area (Å²) in [6.45, 7) is 2.11. The van der Waals surface area contributed by atoms with E-state index in [1.54, 1.807) is 42.2 Å². The Bertz CT molecular complexity index is 1180. The molecule has 1 aromatic heterocycles. The topological polar surface area (TPSA) is 76.6 Å². The molecular weight excluding hydrogens is 420 g/mol. The van der Waals surface area contributed by atoms with Crippen molar-refractivity contribution in [2.75, 3.05) is 0 Å². The van der Waals surface area contributed by atoms with Crippen molar-refractivity contribution in [2.45, 2.75) is 13.5 Å². The molecule has 0 atom stereocenters. The predicted molar refractivity (Wildman–Crippen MR) is 121 cm³/mol. The van der Waals surface area contributed by atoms with E-state index in [4.69, 9.17) is 16.6 Å². The Morgan fingerprint density at radius 1 is 1.17 bits per heavy atom. The Kier molecular flexibility index (Phi) is 5.52. The van der Waals surface area contributed by atoms with Crippen molar-refractivity contribution >= 4 is 46.0 Å². The third kappa shape index (κ3) is 4.05. The van der Waals surface area contributed by atoms with Crippen LogP contribution in [0.2, 0.25) is 0 Å².